The largest absolute Gasteiger partial charge is 0.478 e. The van der Waals surface area contributed by atoms with E-state index in [0.29, 0.717) is 28.1 Å². The fraction of sp³-hybridized carbons (Fsp3) is 0.154. The maximum absolute atomic E-state index is 13.3. The van der Waals surface area contributed by atoms with Gasteiger partial charge in [-0.3, -0.25) is 14.9 Å². The number of nitrogens with one attached hydrogen (secondary N) is 1. The Balaban J connectivity index is 1.81. The molecule has 172 valence electrons. The van der Waals surface area contributed by atoms with Gasteiger partial charge in [0, 0.05) is 17.1 Å². The number of carbonyl (C=O) groups is 4. The molecule has 1 aliphatic rings. The van der Waals surface area contributed by atoms with E-state index in [4.69, 9.17) is 0 Å². The van der Waals surface area contributed by atoms with Gasteiger partial charge in [-0.1, -0.05) is 24.3 Å². The molecule has 3 aromatic rings. The molecule has 2 heterocycles. The average Bonchev–Trinajstić information content (AvgIpc) is 3.05. The van der Waals surface area contributed by atoms with Crippen LogP contribution < -0.4 is 10.2 Å². The van der Waals surface area contributed by atoms with Crippen molar-refractivity contribution in [1.82, 2.24) is 9.88 Å². The number of carboxylic acids is 1. The number of urea groups is 1. The fourth-order valence-corrected chi connectivity index (χ4v) is 4.25. The molecule has 1 saturated heterocycles. The van der Waals surface area contributed by atoms with Crippen LogP contribution in [-0.4, -0.2) is 33.5 Å². The third kappa shape index (κ3) is 3.69. The van der Waals surface area contributed by atoms with Gasteiger partial charge in [0.05, 0.1) is 11.3 Å². The zero-order valence-electron chi connectivity index (χ0n) is 19.2. The Labute approximate surface area is 196 Å². The predicted octanol–water partition coefficient (Wildman–Crippen LogP) is 4.08. The normalized spacial score (nSPS) is 15.1. The topological polar surface area (TPSA) is 109 Å². The van der Waals surface area contributed by atoms with Crippen LogP contribution in [0.25, 0.3) is 11.8 Å². The number of carbonyl (C=O) groups excluding carboxylic acids is 3. The molecule has 8 heteroatoms. The molecule has 1 aromatic heterocycles. The molecule has 0 atom stereocenters. The molecule has 1 fully saturated rings. The van der Waals surface area contributed by atoms with E-state index in [1.54, 1.807) is 50.2 Å². The first-order valence-electron chi connectivity index (χ1n) is 10.6. The number of para-hydroxylation sites is 1. The Morgan fingerprint density at radius 1 is 0.941 bits per heavy atom. The van der Waals surface area contributed by atoms with Crippen LogP contribution in [0.1, 0.15) is 38.4 Å². The van der Waals surface area contributed by atoms with Crippen LogP contribution in [-0.2, 0) is 9.59 Å². The standard InChI is InChI=1S/C26H23N3O5/c1-14-8-5-6-10-21(14)29-24(31)20(23(30)27-26(29)34)13-18-12-15(2)28(17(18)4)22-11-7-9-19(16(22)3)25(32)33/h5-13H,1-4H3,(H,32,33)(H,27,30,34). The minimum Gasteiger partial charge on any atom is -0.478 e. The first-order valence-corrected chi connectivity index (χ1v) is 10.6. The van der Waals surface area contributed by atoms with Crippen molar-refractivity contribution in [3.8, 4) is 5.69 Å². The summed E-state index contributed by atoms with van der Waals surface area (Å²) in [6.07, 6.45) is 1.46. The second-order valence-electron chi connectivity index (χ2n) is 8.16. The number of aromatic nitrogens is 1. The Morgan fingerprint density at radius 3 is 2.29 bits per heavy atom. The zero-order chi connectivity index (χ0) is 24.7. The van der Waals surface area contributed by atoms with E-state index >= 15 is 0 Å². The van der Waals surface area contributed by atoms with E-state index < -0.39 is 23.8 Å². The van der Waals surface area contributed by atoms with Gasteiger partial charge in [0.2, 0.25) is 0 Å². The van der Waals surface area contributed by atoms with Gasteiger partial charge in [-0.25, -0.2) is 14.5 Å². The summed E-state index contributed by atoms with van der Waals surface area (Å²) < 4.78 is 1.88. The van der Waals surface area contributed by atoms with Crippen molar-refractivity contribution in [3.05, 3.63) is 87.7 Å². The van der Waals surface area contributed by atoms with Gasteiger partial charge in [0.1, 0.15) is 5.57 Å². The molecule has 2 N–H and O–H groups in total. The lowest BCUT2D eigenvalue weighted by Crippen LogP contribution is -2.54. The number of hydrogen-bond acceptors (Lipinski definition) is 4. The lowest BCUT2D eigenvalue weighted by atomic mass is 10.1. The maximum atomic E-state index is 13.3. The van der Waals surface area contributed by atoms with Crippen molar-refractivity contribution in [1.29, 1.82) is 0 Å². The third-order valence-electron chi connectivity index (χ3n) is 6.00. The molecule has 1 aliphatic heterocycles. The summed E-state index contributed by atoms with van der Waals surface area (Å²) in [4.78, 5) is 50.9. The minimum atomic E-state index is -1.02. The van der Waals surface area contributed by atoms with Gasteiger partial charge in [0.25, 0.3) is 11.8 Å². The van der Waals surface area contributed by atoms with Crippen molar-refractivity contribution in [3.63, 3.8) is 0 Å². The molecule has 2 aromatic carbocycles. The number of imide groups is 2. The lowest BCUT2D eigenvalue weighted by Gasteiger charge is -2.27. The van der Waals surface area contributed by atoms with Gasteiger partial charge >= 0.3 is 12.0 Å². The summed E-state index contributed by atoms with van der Waals surface area (Å²) in [5.74, 6) is -2.50. The van der Waals surface area contributed by atoms with Gasteiger partial charge in [0.15, 0.2) is 0 Å². The molecule has 0 aliphatic carbocycles. The van der Waals surface area contributed by atoms with Crippen molar-refractivity contribution < 1.29 is 24.3 Å². The molecule has 0 spiro atoms. The van der Waals surface area contributed by atoms with E-state index in [-0.39, 0.29) is 11.1 Å². The van der Waals surface area contributed by atoms with Crippen LogP contribution in [0.2, 0.25) is 0 Å². The highest BCUT2D eigenvalue weighted by Crippen LogP contribution is 2.29. The van der Waals surface area contributed by atoms with Gasteiger partial charge in [-0.15, -0.1) is 0 Å². The number of nitrogens with zero attached hydrogens (tertiary/aromatic N) is 2. The lowest BCUT2D eigenvalue weighted by molar-refractivity contribution is -0.122. The number of aryl methyl sites for hydroxylation is 2. The minimum absolute atomic E-state index is 0.167. The van der Waals surface area contributed by atoms with Crippen LogP contribution in [0, 0.1) is 27.7 Å². The fourth-order valence-electron chi connectivity index (χ4n) is 4.25. The van der Waals surface area contributed by atoms with Crippen molar-refractivity contribution in [2.75, 3.05) is 4.90 Å². The smallest absolute Gasteiger partial charge is 0.336 e. The van der Waals surface area contributed by atoms with Crippen LogP contribution in [0.4, 0.5) is 10.5 Å². The highest BCUT2D eigenvalue weighted by atomic mass is 16.4. The Hall–Kier alpha value is -4.46. The van der Waals surface area contributed by atoms with Gasteiger partial charge in [-0.05, 0) is 74.7 Å². The number of amides is 4. The van der Waals surface area contributed by atoms with Crippen LogP contribution in [0.5, 0.6) is 0 Å². The zero-order valence-corrected chi connectivity index (χ0v) is 19.2. The Morgan fingerprint density at radius 2 is 1.62 bits per heavy atom. The number of rotatable bonds is 4. The SMILES string of the molecule is Cc1ccccc1N1C(=O)NC(=O)C(=Cc2cc(C)n(-c3cccc(C(=O)O)c3C)c2C)C1=O. The summed E-state index contributed by atoms with van der Waals surface area (Å²) >= 11 is 0. The van der Waals surface area contributed by atoms with Gasteiger partial charge in [-0.2, -0.15) is 0 Å². The Bertz CT molecular complexity index is 1410. The highest BCUT2D eigenvalue weighted by Gasteiger charge is 2.37. The van der Waals surface area contributed by atoms with E-state index in [9.17, 15) is 24.3 Å². The quantitative estimate of drug-likeness (QED) is 0.453. The van der Waals surface area contributed by atoms with Crippen molar-refractivity contribution in [2.45, 2.75) is 27.7 Å². The van der Waals surface area contributed by atoms with Crippen LogP contribution in [0.3, 0.4) is 0 Å². The number of benzene rings is 2. The number of anilines is 1. The summed E-state index contributed by atoms with van der Waals surface area (Å²) in [6, 6.07) is 13.0. The summed E-state index contributed by atoms with van der Waals surface area (Å²) in [7, 11) is 0. The summed E-state index contributed by atoms with van der Waals surface area (Å²) in [5.41, 5.74) is 4.55. The third-order valence-corrected chi connectivity index (χ3v) is 6.00. The van der Waals surface area contributed by atoms with Gasteiger partial charge < -0.3 is 9.67 Å². The molecule has 0 saturated carbocycles. The van der Waals surface area contributed by atoms with E-state index in [2.05, 4.69) is 5.32 Å². The highest BCUT2D eigenvalue weighted by molar-refractivity contribution is 6.39. The number of carboxylic acid groups (broad SMARTS) is 1. The van der Waals surface area contributed by atoms with Crippen LogP contribution >= 0.6 is 0 Å². The monoisotopic (exact) mass is 457 g/mol. The van der Waals surface area contributed by atoms with E-state index in [1.807, 2.05) is 30.5 Å². The Kier molecular flexibility index (Phi) is 5.66. The van der Waals surface area contributed by atoms with E-state index in [0.717, 1.165) is 16.3 Å². The van der Waals surface area contributed by atoms with Crippen molar-refractivity contribution >= 4 is 35.6 Å². The molecule has 34 heavy (non-hydrogen) atoms. The predicted molar refractivity (Wildman–Crippen MR) is 127 cm³/mol. The first-order chi connectivity index (χ1) is 16.1. The molecular weight excluding hydrogens is 434 g/mol. The molecular formula is C26H23N3O5. The number of aromatic carboxylic acids is 1. The second-order valence-corrected chi connectivity index (χ2v) is 8.16. The van der Waals surface area contributed by atoms with Crippen molar-refractivity contribution in [2.24, 2.45) is 0 Å². The second kappa shape index (κ2) is 8.47. The van der Waals surface area contributed by atoms with E-state index in [1.165, 1.54) is 6.08 Å². The molecule has 0 unspecified atom stereocenters. The average molecular weight is 457 g/mol. The molecule has 4 amide bonds. The first kappa shape index (κ1) is 22.7. The van der Waals surface area contributed by atoms with Crippen LogP contribution in [0.15, 0.2) is 54.1 Å². The number of barbiturate groups is 1. The molecule has 8 nitrogen and oxygen atoms in total. The summed E-state index contributed by atoms with van der Waals surface area (Å²) in [6.45, 7) is 7.19. The maximum Gasteiger partial charge on any atom is 0.336 e. The molecule has 0 bridgehead atoms. The number of hydrogen-bond donors (Lipinski definition) is 2. The molecule has 0 radical (unpaired) electrons. The molecule has 4 rings (SSSR count). The summed E-state index contributed by atoms with van der Waals surface area (Å²) in [5, 5.41) is 11.7.